The summed E-state index contributed by atoms with van der Waals surface area (Å²) in [6.45, 7) is 5.60. The Bertz CT molecular complexity index is 1190. The molecule has 7 heteroatoms. The molecule has 2 aromatic carbocycles. The van der Waals surface area contributed by atoms with Crippen LogP contribution in [0.1, 0.15) is 61.7 Å². The van der Waals surface area contributed by atoms with Crippen molar-refractivity contribution in [2.75, 3.05) is 5.32 Å². The third-order valence-corrected chi connectivity index (χ3v) is 5.51. The van der Waals surface area contributed by atoms with Crippen LogP contribution in [0.3, 0.4) is 0 Å². The molecule has 0 aliphatic heterocycles. The lowest BCUT2D eigenvalue weighted by Gasteiger charge is -2.17. The maximum absolute atomic E-state index is 13.1. The number of amides is 2. The van der Waals surface area contributed by atoms with Gasteiger partial charge >= 0.3 is 0 Å². The zero-order chi connectivity index (χ0) is 22.1. The average molecular weight is 418 g/mol. The molecule has 1 aliphatic rings. The first-order valence-corrected chi connectivity index (χ1v) is 10.6. The van der Waals surface area contributed by atoms with Gasteiger partial charge in [-0.15, -0.1) is 0 Å². The number of carbonyl (C=O) groups excluding carboxylic acids is 2. The standard InChI is InChI=1S/C24H26N4O3/c1-14(2)28-24(31)20-7-5-4-6-19(20)21(27-28)23(30)25-15(3)16-10-12-18(13-11-16)26-22(29)17-8-9-17/h4-7,10-15,17H,8-9H2,1-3H3,(H,25,30)(H,26,29). The monoisotopic (exact) mass is 418 g/mol. The zero-order valence-electron chi connectivity index (χ0n) is 17.9. The minimum Gasteiger partial charge on any atom is -0.344 e. The fraction of sp³-hybridized carbons (Fsp3) is 0.333. The molecule has 0 bridgehead atoms. The van der Waals surface area contributed by atoms with Gasteiger partial charge in [-0.05, 0) is 57.4 Å². The summed E-state index contributed by atoms with van der Waals surface area (Å²) in [7, 11) is 0. The number of rotatable bonds is 6. The minimum absolute atomic E-state index is 0.0623. The lowest BCUT2D eigenvalue weighted by Crippen LogP contribution is -2.32. The Hall–Kier alpha value is -3.48. The van der Waals surface area contributed by atoms with Gasteiger partial charge in [-0.25, -0.2) is 4.68 Å². The Kier molecular flexibility index (Phi) is 5.59. The van der Waals surface area contributed by atoms with Crippen molar-refractivity contribution in [3.05, 3.63) is 70.1 Å². The molecule has 160 valence electrons. The van der Waals surface area contributed by atoms with Gasteiger partial charge in [0.15, 0.2) is 5.69 Å². The highest BCUT2D eigenvalue weighted by Gasteiger charge is 2.29. The Labute approximate surface area is 180 Å². The second kappa shape index (κ2) is 8.34. The molecule has 3 aromatic rings. The van der Waals surface area contributed by atoms with Crippen LogP contribution in [0.2, 0.25) is 0 Å². The summed E-state index contributed by atoms with van der Waals surface area (Å²) in [5, 5.41) is 11.3. The molecule has 0 radical (unpaired) electrons. The molecular weight excluding hydrogens is 392 g/mol. The molecule has 1 atom stereocenters. The molecule has 0 saturated heterocycles. The minimum atomic E-state index is -0.343. The summed E-state index contributed by atoms with van der Waals surface area (Å²) < 4.78 is 1.35. The summed E-state index contributed by atoms with van der Waals surface area (Å²) in [6.07, 6.45) is 1.92. The number of hydrogen-bond acceptors (Lipinski definition) is 4. The molecule has 1 aromatic heterocycles. The zero-order valence-corrected chi connectivity index (χ0v) is 17.9. The van der Waals surface area contributed by atoms with Gasteiger partial charge in [-0.2, -0.15) is 5.10 Å². The third kappa shape index (κ3) is 4.35. The van der Waals surface area contributed by atoms with Crippen molar-refractivity contribution in [2.45, 2.75) is 45.7 Å². The van der Waals surface area contributed by atoms with Crippen molar-refractivity contribution >= 4 is 28.3 Å². The first-order valence-electron chi connectivity index (χ1n) is 10.6. The van der Waals surface area contributed by atoms with Crippen LogP contribution in [-0.2, 0) is 4.79 Å². The molecule has 1 aliphatic carbocycles. The van der Waals surface area contributed by atoms with E-state index in [9.17, 15) is 14.4 Å². The van der Waals surface area contributed by atoms with Crippen LogP contribution in [-0.4, -0.2) is 21.6 Å². The Morgan fingerprint density at radius 3 is 2.26 bits per heavy atom. The quantitative estimate of drug-likeness (QED) is 0.636. The number of nitrogens with one attached hydrogen (secondary N) is 2. The molecule has 0 spiro atoms. The molecule has 4 rings (SSSR count). The van der Waals surface area contributed by atoms with Crippen LogP contribution < -0.4 is 16.2 Å². The van der Waals surface area contributed by atoms with Gasteiger partial charge in [-0.3, -0.25) is 14.4 Å². The fourth-order valence-electron chi connectivity index (χ4n) is 3.52. The normalized spacial score (nSPS) is 14.5. The van der Waals surface area contributed by atoms with Crippen molar-refractivity contribution < 1.29 is 9.59 Å². The number of carbonyl (C=O) groups is 2. The van der Waals surface area contributed by atoms with Crippen LogP contribution in [0.15, 0.2) is 53.3 Å². The lowest BCUT2D eigenvalue weighted by atomic mass is 10.1. The lowest BCUT2D eigenvalue weighted by molar-refractivity contribution is -0.117. The van der Waals surface area contributed by atoms with Crippen LogP contribution in [0, 0.1) is 5.92 Å². The van der Waals surface area contributed by atoms with Gasteiger partial charge in [0.2, 0.25) is 5.91 Å². The Morgan fingerprint density at radius 2 is 1.65 bits per heavy atom. The second-order valence-corrected chi connectivity index (χ2v) is 8.32. The average Bonchev–Trinajstić information content (AvgIpc) is 3.60. The van der Waals surface area contributed by atoms with E-state index in [4.69, 9.17) is 0 Å². The predicted octanol–water partition coefficient (Wildman–Crippen LogP) is 3.82. The van der Waals surface area contributed by atoms with Crippen molar-refractivity contribution in [3.63, 3.8) is 0 Å². The Morgan fingerprint density at radius 1 is 1.00 bits per heavy atom. The summed E-state index contributed by atoms with van der Waals surface area (Å²) >= 11 is 0. The van der Waals surface area contributed by atoms with E-state index >= 15 is 0 Å². The molecule has 1 unspecified atom stereocenters. The number of fused-ring (bicyclic) bond motifs is 1. The van der Waals surface area contributed by atoms with Crippen LogP contribution in [0.25, 0.3) is 10.8 Å². The van der Waals surface area contributed by atoms with E-state index in [1.807, 2.05) is 45.0 Å². The molecule has 2 N–H and O–H groups in total. The van der Waals surface area contributed by atoms with E-state index in [0.29, 0.717) is 10.8 Å². The molecule has 31 heavy (non-hydrogen) atoms. The summed E-state index contributed by atoms with van der Waals surface area (Å²) in [5.74, 6) is -0.133. The highest BCUT2D eigenvalue weighted by atomic mass is 16.2. The first-order chi connectivity index (χ1) is 14.8. The maximum Gasteiger partial charge on any atom is 0.274 e. The van der Waals surface area contributed by atoms with Crippen molar-refractivity contribution in [3.8, 4) is 0 Å². The van der Waals surface area contributed by atoms with Gasteiger partial charge < -0.3 is 10.6 Å². The van der Waals surface area contributed by atoms with Crippen LogP contribution in [0.5, 0.6) is 0 Å². The number of benzene rings is 2. The van der Waals surface area contributed by atoms with E-state index < -0.39 is 0 Å². The van der Waals surface area contributed by atoms with Crippen LogP contribution in [0.4, 0.5) is 5.69 Å². The van der Waals surface area contributed by atoms with E-state index in [1.54, 1.807) is 24.3 Å². The summed E-state index contributed by atoms with van der Waals surface area (Å²) in [5.41, 5.74) is 1.67. The van der Waals surface area contributed by atoms with E-state index in [1.165, 1.54) is 4.68 Å². The molecule has 1 saturated carbocycles. The predicted molar refractivity (Wildman–Crippen MR) is 120 cm³/mol. The SMILES string of the molecule is CC(NC(=O)c1nn(C(C)C)c(=O)c2ccccc12)c1ccc(NC(=O)C2CC2)cc1. The first kappa shape index (κ1) is 20.8. The molecular formula is C24H26N4O3. The maximum atomic E-state index is 13.1. The van der Waals surface area contributed by atoms with E-state index in [0.717, 1.165) is 24.1 Å². The fourth-order valence-corrected chi connectivity index (χ4v) is 3.52. The number of nitrogens with zero attached hydrogens (tertiary/aromatic N) is 2. The number of anilines is 1. The van der Waals surface area contributed by atoms with Gasteiger partial charge in [0.1, 0.15) is 0 Å². The van der Waals surface area contributed by atoms with Gasteiger partial charge in [0, 0.05) is 17.0 Å². The number of aromatic nitrogens is 2. The van der Waals surface area contributed by atoms with E-state index in [-0.39, 0.29) is 41.1 Å². The number of hydrogen-bond donors (Lipinski definition) is 2. The third-order valence-electron chi connectivity index (χ3n) is 5.51. The molecule has 7 nitrogen and oxygen atoms in total. The van der Waals surface area contributed by atoms with Gasteiger partial charge in [-0.1, -0.05) is 30.3 Å². The Balaban J connectivity index is 1.55. The van der Waals surface area contributed by atoms with Crippen molar-refractivity contribution in [1.82, 2.24) is 15.1 Å². The van der Waals surface area contributed by atoms with Crippen molar-refractivity contribution in [1.29, 1.82) is 0 Å². The molecule has 2 amide bonds. The van der Waals surface area contributed by atoms with Gasteiger partial charge in [0.25, 0.3) is 11.5 Å². The molecule has 1 fully saturated rings. The molecule has 1 heterocycles. The topological polar surface area (TPSA) is 93.1 Å². The highest BCUT2D eigenvalue weighted by molar-refractivity contribution is 6.04. The van der Waals surface area contributed by atoms with E-state index in [2.05, 4.69) is 15.7 Å². The second-order valence-electron chi connectivity index (χ2n) is 8.32. The summed E-state index contributed by atoms with van der Waals surface area (Å²) in [4.78, 5) is 37.7. The van der Waals surface area contributed by atoms with Crippen LogP contribution >= 0.6 is 0 Å². The summed E-state index contributed by atoms with van der Waals surface area (Å²) in [6, 6.07) is 14.0. The smallest absolute Gasteiger partial charge is 0.274 e. The van der Waals surface area contributed by atoms with Gasteiger partial charge in [0.05, 0.1) is 17.5 Å². The highest BCUT2D eigenvalue weighted by Crippen LogP contribution is 2.30. The largest absolute Gasteiger partial charge is 0.344 e. The van der Waals surface area contributed by atoms with Crippen molar-refractivity contribution in [2.24, 2.45) is 5.92 Å².